The minimum atomic E-state index is -2.76. The number of imide groups is 1. The first-order chi connectivity index (χ1) is 16.6. The van der Waals surface area contributed by atoms with Gasteiger partial charge < -0.3 is 14.3 Å². The lowest BCUT2D eigenvalue weighted by Gasteiger charge is -2.43. The first kappa shape index (κ1) is 26.1. The maximum absolute atomic E-state index is 12.6. The molecule has 0 bridgehead atoms. The molecule has 0 saturated heterocycles. The summed E-state index contributed by atoms with van der Waals surface area (Å²) < 4.78 is 12.6. The number of pyridine rings is 1. The number of carboxylic acid groups (broad SMARTS) is 1. The number of aromatic nitrogens is 1. The van der Waals surface area contributed by atoms with E-state index in [-0.39, 0.29) is 23.1 Å². The van der Waals surface area contributed by atoms with Crippen LogP contribution in [-0.2, 0) is 11.0 Å². The van der Waals surface area contributed by atoms with Gasteiger partial charge in [0.15, 0.2) is 11.4 Å². The van der Waals surface area contributed by atoms with Crippen molar-refractivity contribution in [1.82, 2.24) is 9.88 Å². The SMILES string of the molecule is CCOc1cc(CO[Si](c2ccccc2)(c2ccccc2)C(C)(C)C)cnc1C(=O)N(C)C(=O)O. The van der Waals surface area contributed by atoms with E-state index in [1.807, 2.05) is 36.4 Å². The Balaban J connectivity index is 2.04. The summed E-state index contributed by atoms with van der Waals surface area (Å²) in [6.45, 7) is 8.95. The minimum absolute atomic E-state index is 0.0500. The number of nitrogens with zero attached hydrogens (tertiary/aromatic N) is 2. The molecule has 0 saturated carbocycles. The van der Waals surface area contributed by atoms with Gasteiger partial charge in [-0.1, -0.05) is 81.4 Å². The van der Waals surface area contributed by atoms with Crippen molar-refractivity contribution in [3.05, 3.63) is 84.2 Å². The molecule has 7 nitrogen and oxygen atoms in total. The maximum Gasteiger partial charge on any atom is 0.414 e. The molecule has 0 unspecified atom stereocenters. The summed E-state index contributed by atoms with van der Waals surface area (Å²) in [6.07, 6.45) is 0.182. The summed E-state index contributed by atoms with van der Waals surface area (Å²) in [7, 11) is -1.58. The van der Waals surface area contributed by atoms with Crippen LogP contribution in [0.2, 0.25) is 5.04 Å². The number of hydrogen-bond donors (Lipinski definition) is 1. The van der Waals surface area contributed by atoms with Gasteiger partial charge in [-0.2, -0.15) is 0 Å². The molecule has 35 heavy (non-hydrogen) atoms. The molecule has 1 heterocycles. The van der Waals surface area contributed by atoms with Gasteiger partial charge >= 0.3 is 6.09 Å². The zero-order valence-corrected chi connectivity index (χ0v) is 21.8. The van der Waals surface area contributed by atoms with Crippen LogP contribution in [0.25, 0.3) is 0 Å². The molecule has 8 heteroatoms. The van der Waals surface area contributed by atoms with Gasteiger partial charge in [0.25, 0.3) is 14.2 Å². The fourth-order valence-corrected chi connectivity index (χ4v) is 8.73. The van der Waals surface area contributed by atoms with Gasteiger partial charge in [-0.05, 0) is 34.0 Å². The van der Waals surface area contributed by atoms with Gasteiger partial charge in [0.1, 0.15) is 0 Å². The second-order valence-electron chi connectivity index (χ2n) is 9.22. The van der Waals surface area contributed by atoms with Crippen LogP contribution in [-0.4, -0.2) is 49.0 Å². The number of carbonyl (C=O) groups is 2. The van der Waals surface area contributed by atoms with Crippen molar-refractivity contribution < 1.29 is 23.9 Å². The molecule has 184 valence electrons. The smallest absolute Gasteiger partial charge is 0.414 e. The van der Waals surface area contributed by atoms with Gasteiger partial charge in [0.2, 0.25) is 0 Å². The highest BCUT2D eigenvalue weighted by Crippen LogP contribution is 2.37. The predicted octanol–water partition coefficient (Wildman–Crippen LogP) is 4.31. The highest BCUT2D eigenvalue weighted by molar-refractivity contribution is 6.99. The zero-order chi connectivity index (χ0) is 25.6. The minimum Gasteiger partial charge on any atom is -0.491 e. The summed E-state index contributed by atoms with van der Waals surface area (Å²) >= 11 is 0. The van der Waals surface area contributed by atoms with E-state index in [9.17, 15) is 14.7 Å². The van der Waals surface area contributed by atoms with E-state index >= 15 is 0 Å². The van der Waals surface area contributed by atoms with Gasteiger partial charge in [-0.15, -0.1) is 0 Å². The lowest BCUT2D eigenvalue weighted by molar-refractivity contribution is 0.0772. The van der Waals surface area contributed by atoms with E-state index in [1.165, 1.54) is 7.05 Å². The number of ether oxygens (including phenoxy) is 1. The van der Waals surface area contributed by atoms with Crippen LogP contribution in [0.3, 0.4) is 0 Å². The predicted molar refractivity (Wildman–Crippen MR) is 138 cm³/mol. The van der Waals surface area contributed by atoms with Crippen molar-refractivity contribution in [3.63, 3.8) is 0 Å². The van der Waals surface area contributed by atoms with E-state index in [4.69, 9.17) is 9.16 Å². The molecule has 3 rings (SSSR count). The molecule has 0 aliphatic carbocycles. The first-order valence-corrected chi connectivity index (χ1v) is 13.4. The highest BCUT2D eigenvalue weighted by Gasteiger charge is 2.50. The molecule has 2 amide bonds. The third-order valence-corrected chi connectivity index (χ3v) is 10.9. The van der Waals surface area contributed by atoms with Crippen molar-refractivity contribution in [2.75, 3.05) is 13.7 Å². The van der Waals surface area contributed by atoms with E-state index in [2.05, 4.69) is 50.0 Å². The lowest BCUT2D eigenvalue weighted by Crippen LogP contribution is -2.66. The molecule has 1 aromatic heterocycles. The summed E-state index contributed by atoms with van der Waals surface area (Å²) in [5.41, 5.74) is 0.682. The van der Waals surface area contributed by atoms with Crippen LogP contribution in [0.5, 0.6) is 5.75 Å². The molecule has 0 atom stereocenters. The third kappa shape index (κ3) is 5.44. The highest BCUT2D eigenvalue weighted by atomic mass is 28.4. The summed E-state index contributed by atoms with van der Waals surface area (Å²) in [4.78, 5) is 28.7. The van der Waals surface area contributed by atoms with Crippen LogP contribution in [0.4, 0.5) is 4.79 Å². The maximum atomic E-state index is 12.6. The topological polar surface area (TPSA) is 89.0 Å². The van der Waals surface area contributed by atoms with Gasteiger partial charge in [0, 0.05) is 13.2 Å². The largest absolute Gasteiger partial charge is 0.491 e. The third-order valence-electron chi connectivity index (χ3n) is 5.88. The molecule has 0 radical (unpaired) electrons. The fourth-order valence-electron chi connectivity index (χ4n) is 4.19. The van der Waals surface area contributed by atoms with Gasteiger partial charge in [-0.3, -0.25) is 4.79 Å². The van der Waals surface area contributed by atoms with Crippen molar-refractivity contribution in [2.45, 2.75) is 39.3 Å². The number of hydrogen-bond acceptors (Lipinski definition) is 5. The Labute approximate surface area is 207 Å². The Morgan fingerprint density at radius 3 is 2.00 bits per heavy atom. The lowest BCUT2D eigenvalue weighted by atomic mass is 10.2. The number of rotatable bonds is 8. The standard InChI is InChI=1S/C27H32N2O5Si/c1-6-33-23-17-20(18-28-24(23)25(30)29(5)26(31)32)19-34-35(27(2,3)4,21-13-9-7-10-14-21)22-15-11-8-12-16-22/h7-18H,6,19H2,1-5H3,(H,31,32). The molecule has 2 aromatic carbocycles. The molecule has 0 aliphatic rings. The van der Waals surface area contributed by atoms with Gasteiger partial charge in [0.05, 0.1) is 13.2 Å². The monoisotopic (exact) mass is 492 g/mol. The van der Waals surface area contributed by atoms with Crippen molar-refractivity contribution >= 4 is 30.7 Å². The summed E-state index contributed by atoms with van der Waals surface area (Å²) in [5.74, 6) is -0.519. The normalized spacial score (nSPS) is 11.7. The van der Waals surface area contributed by atoms with Crippen LogP contribution in [0, 0.1) is 0 Å². The molecule has 0 aliphatic heterocycles. The summed E-state index contributed by atoms with van der Waals surface area (Å²) in [6, 6.07) is 22.3. The average Bonchev–Trinajstić information content (AvgIpc) is 2.84. The van der Waals surface area contributed by atoms with E-state index in [1.54, 1.807) is 19.2 Å². The molecule has 0 fully saturated rings. The molecule has 3 aromatic rings. The fraction of sp³-hybridized carbons (Fsp3) is 0.296. The molecular formula is C27H32N2O5Si. The number of carbonyl (C=O) groups excluding carboxylic acids is 1. The Hall–Kier alpha value is -3.49. The van der Waals surface area contributed by atoms with E-state index < -0.39 is 20.3 Å². The second kappa shape index (κ2) is 10.8. The molecule has 0 spiro atoms. The van der Waals surface area contributed by atoms with Gasteiger partial charge in [-0.25, -0.2) is 14.7 Å². The van der Waals surface area contributed by atoms with Crippen LogP contribution >= 0.6 is 0 Å². The first-order valence-electron chi connectivity index (χ1n) is 11.5. The number of amides is 2. The molecular weight excluding hydrogens is 460 g/mol. The van der Waals surface area contributed by atoms with Crippen LogP contribution in [0.15, 0.2) is 72.9 Å². The van der Waals surface area contributed by atoms with Crippen molar-refractivity contribution in [3.8, 4) is 5.75 Å². The van der Waals surface area contributed by atoms with E-state index in [0.717, 1.165) is 15.9 Å². The quantitative estimate of drug-likeness (QED) is 0.472. The van der Waals surface area contributed by atoms with Crippen LogP contribution in [0.1, 0.15) is 43.7 Å². The summed E-state index contributed by atoms with van der Waals surface area (Å²) in [5, 5.41) is 11.3. The van der Waals surface area contributed by atoms with Crippen LogP contribution < -0.4 is 15.1 Å². The Morgan fingerprint density at radius 2 is 1.54 bits per heavy atom. The Kier molecular flexibility index (Phi) is 8.09. The zero-order valence-electron chi connectivity index (χ0n) is 20.8. The van der Waals surface area contributed by atoms with Crippen molar-refractivity contribution in [1.29, 1.82) is 0 Å². The van der Waals surface area contributed by atoms with Crippen molar-refractivity contribution in [2.24, 2.45) is 0 Å². The van der Waals surface area contributed by atoms with E-state index in [0.29, 0.717) is 11.5 Å². The Morgan fingerprint density at radius 1 is 1.00 bits per heavy atom. The average molecular weight is 493 g/mol. The second-order valence-corrected chi connectivity index (χ2v) is 13.5. The Bertz CT molecular complexity index is 1120. The molecule has 1 N–H and O–H groups in total. The number of benzene rings is 2.